The summed E-state index contributed by atoms with van der Waals surface area (Å²) in [7, 11) is 0. The van der Waals surface area contributed by atoms with Crippen LogP contribution in [0.4, 0.5) is 0 Å². The Hall–Kier alpha value is -2.63. The molecule has 0 aliphatic carbocycles. The zero-order valence-electron chi connectivity index (χ0n) is 13.0. The summed E-state index contributed by atoms with van der Waals surface area (Å²) in [6.07, 6.45) is 0. The lowest BCUT2D eigenvalue weighted by Crippen LogP contribution is -1.97. The van der Waals surface area contributed by atoms with Crippen LogP contribution in [0.15, 0.2) is 46.2 Å². The molecule has 4 nitrogen and oxygen atoms in total. The van der Waals surface area contributed by atoms with E-state index in [1.165, 1.54) is 11.8 Å². The quantitative estimate of drug-likeness (QED) is 0.794. The molecule has 23 heavy (non-hydrogen) atoms. The first-order valence-corrected chi connectivity index (χ1v) is 7.84. The summed E-state index contributed by atoms with van der Waals surface area (Å²) >= 11 is 1.50. The standard InChI is InChI=1S/C18H16N2O2S/c1-13-3-5-15(21-9-7-19)17(11-13)23-18-12-14(2)4-6-16(18)22-10-8-20/h3-6,11-12H,9-10H2,1-2H3. The molecule has 0 saturated carbocycles. The number of hydrogen-bond donors (Lipinski definition) is 0. The van der Waals surface area contributed by atoms with Crippen LogP contribution in [-0.2, 0) is 0 Å². The third-order valence-electron chi connectivity index (χ3n) is 3.00. The zero-order valence-corrected chi connectivity index (χ0v) is 13.8. The van der Waals surface area contributed by atoms with Crippen LogP contribution in [0.5, 0.6) is 11.5 Å². The Morgan fingerprint density at radius 2 is 1.26 bits per heavy atom. The second-order valence-electron chi connectivity index (χ2n) is 4.90. The monoisotopic (exact) mass is 324 g/mol. The molecule has 0 fully saturated rings. The fourth-order valence-electron chi connectivity index (χ4n) is 1.97. The van der Waals surface area contributed by atoms with Crippen molar-refractivity contribution in [1.82, 2.24) is 0 Å². The molecule has 116 valence electrons. The minimum absolute atomic E-state index is 0.00221. The van der Waals surface area contributed by atoms with Crippen molar-refractivity contribution < 1.29 is 9.47 Å². The van der Waals surface area contributed by atoms with Crippen LogP contribution >= 0.6 is 11.8 Å². The van der Waals surface area contributed by atoms with E-state index >= 15 is 0 Å². The van der Waals surface area contributed by atoms with Crippen LogP contribution in [0, 0.1) is 36.5 Å². The summed E-state index contributed by atoms with van der Waals surface area (Å²) in [6, 6.07) is 15.6. The second kappa shape index (κ2) is 8.12. The van der Waals surface area contributed by atoms with Crippen LogP contribution in [0.3, 0.4) is 0 Å². The molecule has 0 radical (unpaired) electrons. The molecule has 0 N–H and O–H groups in total. The Morgan fingerprint density at radius 3 is 1.65 bits per heavy atom. The third-order valence-corrected chi connectivity index (χ3v) is 4.08. The summed E-state index contributed by atoms with van der Waals surface area (Å²) < 4.78 is 11.0. The maximum Gasteiger partial charge on any atom is 0.174 e. The molecule has 0 bridgehead atoms. The molecule has 2 aromatic rings. The smallest absolute Gasteiger partial charge is 0.174 e. The van der Waals surface area contributed by atoms with E-state index in [2.05, 4.69) is 0 Å². The molecular weight excluding hydrogens is 308 g/mol. The predicted molar refractivity (Wildman–Crippen MR) is 88.7 cm³/mol. The third kappa shape index (κ3) is 4.67. The van der Waals surface area contributed by atoms with Crippen molar-refractivity contribution in [3.05, 3.63) is 47.5 Å². The van der Waals surface area contributed by atoms with E-state index in [1.807, 2.05) is 62.4 Å². The molecule has 5 heteroatoms. The predicted octanol–water partition coefficient (Wildman–Crippen LogP) is 4.26. The van der Waals surface area contributed by atoms with E-state index in [0.29, 0.717) is 11.5 Å². The molecule has 0 heterocycles. The normalized spacial score (nSPS) is 9.74. The van der Waals surface area contributed by atoms with Crippen molar-refractivity contribution >= 4 is 11.8 Å². The molecule has 0 aliphatic heterocycles. The van der Waals surface area contributed by atoms with E-state index in [0.717, 1.165) is 20.9 Å². The van der Waals surface area contributed by atoms with E-state index in [4.69, 9.17) is 20.0 Å². The van der Waals surface area contributed by atoms with Gasteiger partial charge >= 0.3 is 0 Å². The topological polar surface area (TPSA) is 66.0 Å². The number of benzene rings is 2. The lowest BCUT2D eigenvalue weighted by atomic mass is 10.2. The van der Waals surface area contributed by atoms with Crippen molar-refractivity contribution in [2.45, 2.75) is 23.6 Å². The van der Waals surface area contributed by atoms with Gasteiger partial charge in [0.1, 0.15) is 23.6 Å². The van der Waals surface area contributed by atoms with E-state index in [-0.39, 0.29) is 13.2 Å². The molecule has 2 rings (SSSR count). The molecule has 0 unspecified atom stereocenters. The molecule has 0 saturated heterocycles. The fourth-order valence-corrected chi connectivity index (χ4v) is 3.15. The highest BCUT2D eigenvalue weighted by Crippen LogP contribution is 2.40. The van der Waals surface area contributed by atoms with E-state index in [1.54, 1.807) is 0 Å². The maximum absolute atomic E-state index is 8.71. The Bertz CT molecular complexity index is 710. The van der Waals surface area contributed by atoms with Crippen LogP contribution in [-0.4, -0.2) is 13.2 Å². The van der Waals surface area contributed by atoms with Crippen molar-refractivity contribution in [2.75, 3.05) is 13.2 Å². The average Bonchev–Trinajstić information content (AvgIpc) is 2.53. The summed E-state index contributed by atoms with van der Waals surface area (Å²) in [6.45, 7) is 4.01. The van der Waals surface area contributed by atoms with Gasteiger partial charge < -0.3 is 9.47 Å². The summed E-state index contributed by atoms with van der Waals surface area (Å²) in [4.78, 5) is 1.82. The number of aryl methyl sites for hydroxylation is 2. The van der Waals surface area contributed by atoms with Crippen LogP contribution < -0.4 is 9.47 Å². The average molecular weight is 324 g/mol. The Morgan fingerprint density at radius 1 is 0.826 bits per heavy atom. The van der Waals surface area contributed by atoms with Gasteiger partial charge in [0.05, 0.1) is 9.79 Å². The second-order valence-corrected chi connectivity index (χ2v) is 5.98. The lowest BCUT2D eigenvalue weighted by molar-refractivity contribution is 0.357. The number of ether oxygens (including phenoxy) is 2. The first kappa shape index (κ1) is 16.7. The van der Waals surface area contributed by atoms with Gasteiger partial charge in [-0.2, -0.15) is 10.5 Å². The van der Waals surface area contributed by atoms with Crippen molar-refractivity contribution in [2.24, 2.45) is 0 Å². The molecule has 0 amide bonds. The van der Waals surface area contributed by atoms with Gasteiger partial charge in [-0.05, 0) is 49.2 Å². The minimum atomic E-state index is 0.00221. The highest BCUT2D eigenvalue weighted by atomic mass is 32.2. The molecule has 0 aliphatic rings. The largest absolute Gasteiger partial charge is 0.478 e. The highest BCUT2D eigenvalue weighted by Gasteiger charge is 2.11. The molecule has 2 aromatic carbocycles. The molecule has 0 spiro atoms. The SMILES string of the molecule is Cc1ccc(OCC#N)c(Sc2cc(C)ccc2OCC#N)c1. The maximum atomic E-state index is 8.71. The highest BCUT2D eigenvalue weighted by molar-refractivity contribution is 7.99. The zero-order chi connectivity index (χ0) is 16.7. The number of rotatable bonds is 6. The Kier molecular flexibility index (Phi) is 5.91. The molecule has 0 atom stereocenters. The Labute approximate surface area is 140 Å². The van der Waals surface area contributed by atoms with Gasteiger partial charge in [0.25, 0.3) is 0 Å². The van der Waals surface area contributed by atoms with Crippen molar-refractivity contribution in [3.63, 3.8) is 0 Å². The van der Waals surface area contributed by atoms with Gasteiger partial charge in [-0.25, -0.2) is 0 Å². The van der Waals surface area contributed by atoms with E-state index < -0.39 is 0 Å². The van der Waals surface area contributed by atoms with Crippen LogP contribution in [0.25, 0.3) is 0 Å². The van der Waals surface area contributed by atoms with E-state index in [9.17, 15) is 0 Å². The van der Waals surface area contributed by atoms with Gasteiger partial charge in [-0.1, -0.05) is 23.9 Å². The molecule has 0 aromatic heterocycles. The van der Waals surface area contributed by atoms with Gasteiger partial charge in [0.2, 0.25) is 0 Å². The summed E-state index contributed by atoms with van der Waals surface area (Å²) in [5.74, 6) is 1.32. The summed E-state index contributed by atoms with van der Waals surface area (Å²) in [5.41, 5.74) is 2.20. The van der Waals surface area contributed by atoms with Crippen molar-refractivity contribution in [3.8, 4) is 23.6 Å². The summed E-state index contributed by atoms with van der Waals surface area (Å²) in [5, 5.41) is 17.4. The van der Waals surface area contributed by atoms with Crippen molar-refractivity contribution in [1.29, 1.82) is 10.5 Å². The van der Waals surface area contributed by atoms with Gasteiger partial charge in [0, 0.05) is 0 Å². The number of nitrogens with zero attached hydrogens (tertiary/aromatic N) is 2. The van der Waals surface area contributed by atoms with Crippen LogP contribution in [0.2, 0.25) is 0 Å². The fraction of sp³-hybridized carbons (Fsp3) is 0.222. The number of nitriles is 2. The van der Waals surface area contributed by atoms with Crippen LogP contribution in [0.1, 0.15) is 11.1 Å². The van der Waals surface area contributed by atoms with Gasteiger partial charge in [-0.15, -0.1) is 0 Å². The first-order valence-electron chi connectivity index (χ1n) is 7.02. The Balaban J connectivity index is 2.34. The van der Waals surface area contributed by atoms with Gasteiger partial charge in [0.15, 0.2) is 13.2 Å². The minimum Gasteiger partial charge on any atom is -0.478 e. The molecular formula is C18H16N2O2S. The lowest BCUT2D eigenvalue weighted by Gasteiger charge is -2.13. The van der Waals surface area contributed by atoms with Gasteiger partial charge in [-0.3, -0.25) is 0 Å². The first-order chi connectivity index (χ1) is 11.1. The number of hydrogen-bond acceptors (Lipinski definition) is 5.